The molecular weight excluding hydrogens is 791 g/mol. The molecule has 0 bridgehead atoms. The maximum absolute atomic E-state index is 12.5. The van der Waals surface area contributed by atoms with Crippen molar-refractivity contribution >= 4 is 11.9 Å². The Balaban J connectivity index is 3.47. The molecular formula is C58H109NO5. The number of esters is 1. The van der Waals surface area contributed by atoms with Crippen molar-refractivity contribution in [3.63, 3.8) is 0 Å². The van der Waals surface area contributed by atoms with E-state index in [1.165, 1.54) is 199 Å². The van der Waals surface area contributed by atoms with Gasteiger partial charge in [-0.15, -0.1) is 0 Å². The maximum atomic E-state index is 12.5. The highest BCUT2D eigenvalue weighted by molar-refractivity contribution is 5.76. The van der Waals surface area contributed by atoms with E-state index in [0.29, 0.717) is 25.9 Å². The molecule has 376 valence electrons. The van der Waals surface area contributed by atoms with Crippen LogP contribution in [-0.4, -0.2) is 47.4 Å². The van der Waals surface area contributed by atoms with Crippen LogP contribution in [0.5, 0.6) is 0 Å². The van der Waals surface area contributed by atoms with Crippen LogP contribution < -0.4 is 5.32 Å². The van der Waals surface area contributed by atoms with Gasteiger partial charge in [0.15, 0.2) is 0 Å². The number of ether oxygens (including phenoxy) is 1. The average Bonchev–Trinajstić information content (AvgIpc) is 3.29. The molecule has 0 rings (SSSR count). The summed E-state index contributed by atoms with van der Waals surface area (Å²) >= 11 is 0. The summed E-state index contributed by atoms with van der Waals surface area (Å²) in [6, 6.07) is -0.551. The standard InChI is InChI=1S/C58H109NO5/c1-3-5-7-9-11-13-15-17-19-23-26-30-34-38-42-46-50-56(61)55(54-60)59-57(62)51-47-43-39-35-31-27-24-21-20-22-25-29-33-37-41-45-49-53-64-58(63)52-48-44-40-36-32-28-18-16-14-12-10-8-6-4-2/h10,12,16,18,20,22,55-56,60-61H,3-9,11,13-15,17,19,21,23-54H2,1-2H3,(H,59,62)/b12-10-,18-16-,22-20-. The number of allylic oxidation sites excluding steroid dienone is 6. The normalized spacial score (nSPS) is 12.9. The van der Waals surface area contributed by atoms with Crippen molar-refractivity contribution in [1.82, 2.24) is 5.32 Å². The molecule has 1 amide bonds. The molecule has 6 nitrogen and oxygen atoms in total. The predicted octanol–water partition coefficient (Wildman–Crippen LogP) is 17.2. The zero-order chi connectivity index (χ0) is 46.5. The summed E-state index contributed by atoms with van der Waals surface area (Å²) in [7, 11) is 0. The molecule has 2 atom stereocenters. The first-order valence-corrected chi connectivity index (χ1v) is 28.2. The van der Waals surface area contributed by atoms with Crippen LogP contribution in [0.25, 0.3) is 0 Å². The number of nitrogens with one attached hydrogen (secondary N) is 1. The van der Waals surface area contributed by atoms with Crippen LogP contribution in [0.4, 0.5) is 0 Å². The van der Waals surface area contributed by atoms with Crippen LogP contribution in [0.3, 0.4) is 0 Å². The summed E-state index contributed by atoms with van der Waals surface area (Å²) in [6.45, 7) is 4.89. The van der Waals surface area contributed by atoms with Crippen LogP contribution in [0.2, 0.25) is 0 Å². The van der Waals surface area contributed by atoms with E-state index in [0.717, 1.165) is 64.2 Å². The second-order valence-corrected chi connectivity index (χ2v) is 19.3. The molecule has 2 unspecified atom stereocenters. The SMILES string of the molecule is CCCC/C=C\C/C=C\CCCCCCCC(=O)OCCCCCCCC/C=C\CCCCCCCCCC(=O)NC(CO)C(O)CCCCCCCCCCCCCCCCCC. The molecule has 0 heterocycles. The fourth-order valence-electron chi connectivity index (χ4n) is 8.53. The molecule has 0 aromatic carbocycles. The fourth-order valence-corrected chi connectivity index (χ4v) is 8.53. The molecule has 64 heavy (non-hydrogen) atoms. The van der Waals surface area contributed by atoms with Gasteiger partial charge in [0.2, 0.25) is 5.91 Å². The van der Waals surface area contributed by atoms with Gasteiger partial charge in [0.25, 0.3) is 0 Å². The van der Waals surface area contributed by atoms with E-state index in [9.17, 15) is 19.8 Å². The third-order valence-electron chi connectivity index (χ3n) is 12.9. The van der Waals surface area contributed by atoms with E-state index in [-0.39, 0.29) is 18.5 Å². The number of amides is 1. The van der Waals surface area contributed by atoms with Gasteiger partial charge >= 0.3 is 5.97 Å². The van der Waals surface area contributed by atoms with Crippen molar-refractivity contribution in [3.05, 3.63) is 36.5 Å². The number of aliphatic hydroxyl groups is 2. The van der Waals surface area contributed by atoms with Crippen molar-refractivity contribution in [2.24, 2.45) is 0 Å². The Bertz CT molecular complexity index is 1040. The minimum absolute atomic E-state index is 0.0166. The van der Waals surface area contributed by atoms with Gasteiger partial charge in [-0.1, -0.05) is 243 Å². The van der Waals surface area contributed by atoms with Gasteiger partial charge in [-0.2, -0.15) is 0 Å². The van der Waals surface area contributed by atoms with E-state index in [1.54, 1.807) is 0 Å². The first-order chi connectivity index (χ1) is 31.5. The van der Waals surface area contributed by atoms with Crippen LogP contribution in [0.15, 0.2) is 36.5 Å². The third kappa shape index (κ3) is 49.5. The highest BCUT2D eigenvalue weighted by Crippen LogP contribution is 2.16. The van der Waals surface area contributed by atoms with Gasteiger partial charge < -0.3 is 20.3 Å². The largest absolute Gasteiger partial charge is 0.466 e. The van der Waals surface area contributed by atoms with Crippen molar-refractivity contribution in [2.45, 2.75) is 309 Å². The lowest BCUT2D eigenvalue weighted by molar-refractivity contribution is -0.143. The van der Waals surface area contributed by atoms with Crippen molar-refractivity contribution in [2.75, 3.05) is 13.2 Å². The summed E-state index contributed by atoms with van der Waals surface area (Å²) in [6.07, 6.45) is 65.5. The quantitative estimate of drug-likeness (QED) is 0.0321. The monoisotopic (exact) mass is 900 g/mol. The Hall–Kier alpha value is -1.92. The van der Waals surface area contributed by atoms with Gasteiger partial charge in [0.1, 0.15) is 0 Å². The Morgan fingerprint density at radius 3 is 1.25 bits per heavy atom. The highest BCUT2D eigenvalue weighted by Gasteiger charge is 2.20. The Labute approximate surface area is 398 Å². The zero-order valence-corrected chi connectivity index (χ0v) is 42.8. The van der Waals surface area contributed by atoms with Crippen LogP contribution in [0, 0.1) is 0 Å². The second-order valence-electron chi connectivity index (χ2n) is 19.3. The summed E-state index contributed by atoms with van der Waals surface area (Å²) in [5.41, 5.74) is 0. The van der Waals surface area contributed by atoms with Crippen molar-refractivity contribution in [3.8, 4) is 0 Å². The molecule has 0 saturated heterocycles. The highest BCUT2D eigenvalue weighted by atomic mass is 16.5. The zero-order valence-electron chi connectivity index (χ0n) is 42.8. The summed E-state index contributed by atoms with van der Waals surface area (Å²) in [4.78, 5) is 24.5. The smallest absolute Gasteiger partial charge is 0.305 e. The molecule has 0 aliphatic carbocycles. The molecule has 0 aliphatic heterocycles. The lowest BCUT2D eigenvalue weighted by atomic mass is 10.0. The number of carbonyl (C=O) groups is 2. The molecule has 3 N–H and O–H groups in total. The molecule has 0 saturated carbocycles. The van der Waals surface area contributed by atoms with E-state index >= 15 is 0 Å². The van der Waals surface area contributed by atoms with Gasteiger partial charge in [0.05, 0.1) is 25.4 Å². The van der Waals surface area contributed by atoms with Gasteiger partial charge in [-0.3, -0.25) is 9.59 Å². The topological polar surface area (TPSA) is 95.9 Å². The lowest BCUT2D eigenvalue weighted by Crippen LogP contribution is -2.45. The molecule has 0 aromatic rings. The van der Waals surface area contributed by atoms with Gasteiger partial charge in [0, 0.05) is 12.8 Å². The van der Waals surface area contributed by atoms with Crippen molar-refractivity contribution in [1.29, 1.82) is 0 Å². The summed E-state index contributed by atoms with van der Waals surface area (Å²) in [5.74, 6) is -0.0632. The molecule has 0 aliphatic rings. The number of hydrogen-bond acceptors (Lipinski definition) is 5. The van der Waals surface area contributed by atoms with Gasteiger partial charge in [-0.05, 0) is 77.0 Å². The second kappa shape index (κ2) is 53.7. The van der Waals surface area contributed by atoms with E-state index in [1.807, 2.05) is 0 Å². The molecule has 6 heteroatoms. The summed E-state index contributed by atoms with van der Waals surface area (Å²) in [5, 5.41) is 23.3. The number of carbonyl (C=O) groups excluding carboxylic acids is 2. The van der Waals surface area contributed by atoms with Crippen LogP contribution in [0.1, 0.15) is 296 Å². The first-order valence-electron chi connectivity index (χ1n) is 28.2. The van der Waals surface area contributed by atoms with E-state index in [2.05, 4.69) is 55.6 Å². The molecule has 0 aromatic heterocycles. The molecule has 0 spiro atoms. The minimum atomic E-state index is -0.673. The number of hydrogen-bond donors (Lipinski definition) is 3. The third-order valence-corrected chi connectivity index (χ3v) is 12.9. The van der Waals surface area contributed by atoms with E-state index in [4.69, 9.17) is 4.74 Å². The molecule has 0 radical (unpaired) electrons. The Kier molecular flexibility index (Phi) is 52.1. The average molecular weight is 901 g/mol. The van der Waals surface area contributed by atoms with Crippen LogP contribution in [-0.2, 0) is 14.3 Å². The number of rotatable bonds is 52. The number of unbranched alkanes of at least 4 members (excludes halogenated alkanes) is 35. The number of aliphatic hydroxyl groups excluding tert-OH is 2. The van der Waals surface area contributed by atoms with E-state index < -0.39 is 12.1 Å². The minimum Gasteiger partial charge on any atom is -0.466 e. The molecule has 0 fully saturated rings. The van der Waals surface area contributed by atoms with Crippen LogP contribution >= 0.6 is 0 Å². The van der Waals surface area contributed by atoms with Gasteiger partial charge in [-0.25, -0.2) is 0 Å². The fraction of sp³-hybridized carbons (Fsp3) is 0.862. The summed E-state index contributed by atoms with van der Waals surface area (Å²) < 4.78 is 5.45. The Morgan fingerprint density at radius 2 is 0.797 bits per heavy atom. The Morgan fingerprint density at radius 1 is 0.438 bits per heavy atom. The van der Waals surface area contributed by atoms with Crippen molar-refractivity contribution < 1.29 is 24.5 Å². The predicted molar refractivity (Wildman–Crippen MR) is 278 cm³/mol. The maximum Gasteiger partial charge on any atom is 0.305 e. The first kappa shape index (κ1) is 62.1. The lowest BCUT2D eigenvalue weighted by Gasteiger charge is -2.22.